The van der Waals surface area contributed by atoms with Crippen molar-refractivity contribution < 1.29 is 24.3 Å². The highest BCUT2D eigenvalue weighted by Gasteiger charge is 2.41. The zero-order valence-electron chi connectivity index (χ0n) is 15.1. The molecule has 0 spiro atoms. The maximum absolute atomic E-state index is 12.0. The lowest BCUT2D eigenvalue weighted by atomic mass is 10.1. The van der Waals surface area contributed by atoms with Gasteiger partial charge in [-0.15, -0.1) is 0 Å². The lowest BCUT2D eigenvalue weighted by molar-refractivity contribution is -0.122. The Bertz CT molecular complexity index is 792. The number of hydrogen-bond donors (Lipinski definition) is 2. The predicted octanol–water partition coefficient (Wildman–Crippen LogP) is 2.41. The molecule has 1 aromatic heterocycles. The molecule has 2 fully saturated rings. The normalized spacial score (nSPS) is 21.9. The molecule has 0 unspecified atom stereocenters. The molecule has 144 valence electrons. The van der Waals surface area contributed by atoms with Gasteiger partial charge in [0.15, 0.2) is 17.1 Å². The van der Waals surface area contributed by atoms with Gasteiger partial charge in [-0.25, -0.2) is 4.79 Å². The van der Waals surface area contributed by atoms with Crippen molar-refractivity contribution in [2.45, 2.75) is 31.3 Å². The molecule has 2 bridgehead atoms. The van der Waals surface area contributed by atoms with E-state index < -0.39 is 5.97 Å². The molecule has 0 saturated carbocycles. The monoisotopic (exact) mass is 373 g/mol. The fourth-order valence-corrected chi connectivity index (χ4v) is 4.03. The number of fused-ring (bicyclic) bond motifs is 2. The third kappa shape index (κ3) is 3.80. The van der Waals surface area contributed by atoms with E-state index in [1.54, 1.807) is 0 Å². The molecule has 2 atom stereocenters. The zero-order valence-corrected chi connectivity index (χ0v) is 15.1. The summed E-state index contributed by atoms with van der Waals surface area (Å²) in [5, 5.41) is 20.9. The first kappa shape index (κ1) is 18.9. The predicted molar refractivity (Wildman–Crippen MR) is 99.0 cm³/mol. The van der Waals surface area contributed by atoms with Crippen LogP contribution < -0.4 is 4.90 Å². The molecule has 2 N–H and O–H groups in total. The number of likely N-dealkylation sites (tertiary alicyclic amines) is 1. The maximum atomic E-state index is 12.0. The van der Waals surface area contributed by atoms with Crippen LogP contribution in [0.3, 0.4) is 0 Å². The first-order chi connectivity index (χ1) is 13.1. The van der Waals surface area contributed by atoms with Gasteiger partial charge in [-0.1, -0.05) is 35.5 Å². The molecule has 27 heavy (non-hydrogen) atoms. The molecule has 0 radical (unpaired) electrons. The average molecular weight is 373 g/mol. The molecule has 8 heteroatoms. The lowest BCUT2D eigenvalue weighted by Crippen LogP contribution is -2.39. The van der Waals surface area contributed by atoms with Crippen LogP contribution in [0.25, 0.3) is 11.3 Å². The molecule has 3 heterocycles. The number of benzene rings is 1. The highest BCUT2D eigenvalue weighted by Crippen LogP contribution is 2.39. The summed E-state index contributed by atoms with van der Waals surface area (Å²) in [4.78, 5) is 24.8. The van der Waals surface area contributed by atoms with Crippen molar-refractivity contribution in [2.24, 2.45) is 0 Å². The third-order valence-electron chi connectivity index (χ3n) is 5.15. The van der Waals surface area contributed by atoms with Gasteiger partial charge < -0.3 is 24.5 Å². The number of hydrogen-bond acceptors (Lipinski definition) is 6. The summed E-state index contributed by atoms with van der Waals surface area (Å²) >= 11 is 0. The summed E-state index contributed by atoms with van der Waals surface area (Å²) in [6, 6.07) is 9.97. The number of carboxylic acid groups (broad SMARTS) is 2. The van der Waals surface area contributed by atoms with E-state index in [1.165, 1.54) is 0 Å². The molecule has 2 saturated heterocycles. The Balaban J connectivity index is 0.000000659. The van der Waals surface area contributed by atoms with E-state index in [9.17, 15) is 9.90 Å². The molecule has 2 aliphatic rings. The number of nitrogens with zero attached hydrogens (tertiary/aromatic N) is 3. The minimum Gasteiger partial charge on any atom is -0.483 e. The highest BCUT2D eigenvalue weighted by atomic mass is 16.5. The SMILES string of the molecule is CN1CC[C@H]2CC[C@@H](C1)N2c1noc(-c2ccccc2)c1C(=O)O.O=CO. The summed E-state index contributed by atoms with van der Waals surface area (Å²) < 4.78 is 5.50. The average Bonchev–Trinajstić information content (AvgIpc) is 3.20. The first-order valence-corrected chi connectivity index (χ1v) is 8.90. The van der Waals surface area contributed by atoms with Crippen molar-refractivity contribution in [3.63, 3.8) is 0 Å². The van der Waals surface area contributed by atoms with Crippen molar-refractivity contribution in [3.05, 3.63) is 35.9 Å². The van der Waals surface area contributed by atoms with Gasteiger partial charge in [0.1, 0.15) is 0 Å². The smallest absolute Gasteiger partial charge is 0.343 e. The number of rotatable bonds is 3. The minimum absolute atomic E-state index is 0.183. The fourth-order valence-electron chi connectivity index (χ4n) is 4.03. The van der Waals surface area contributed by atoms with Crippen molar-refractivity contribution in [3.8, 4) is 11.3 Å². The van der Waals surface area contributed by atoms with Crippen LogP contribution in [0.2, 0.25) is 0 Å². The summed E-state index contributed by atoms with van der Waals surface area (Å²) in [6.45, 7) is 1.71. The van der Waals surface area contributed by atoms with Crippen molar-refractivity contribution in [1.82, 2.24) is 10.1 Å². The van der Waals surface area contributed by atoms with Crippen LogP contribution in [-0.4, -0.2) is 64.9 Å². The number of carbonyl (C=O) groups is 2. The maximum Gasteiger partial charge on any atom is 0.343 e. The molecule has 8 nitrogen and oxygen atoms in total. The Hall–Kier alpha value is -2.87. The summed E-state index contributed by atoms with van der Waals surface area (Å²) in [5.41, 5.74) is 0.926. The Labute approximate surface area is 157 Å². The van der Waals surface area contributed by atoms with E-state index in [0.29, 0.717) is 23.7 Å². The summed E-state index contributed by atoms with van der Waals surface area (Å²) in [7, 11) is 2.12. The largest absolute Gasteiger partial charge is 0.483 e. The van der Waals surface area contributed by atoms with Gasteiger partial charge in [-0.3, -0.25) is 4.79 Å². The fraction of sp³-hybridized carbons (Fsp3) is 0.421. The molecule has 0 aliphatic carbocycles. The van der Waals surface area contributed by atoms with Gasteiger partial charge >= 0.3 is 5.97 Å². The highest BCUT2D eigenvalue weighted by molar-refractivity contribution is 5.99. The van der Waals surface area contributed by atoms with Crippen LogP contribution in [0.5, 0.6) is 0 Å². The summed E-state index contributed by atoms with van der Waals surface area (Å²) in [6.07, 6.45) is 3.19. The van der Waals surface area contributed by atoms with E-state index in [0.717, 1.165) is 37.9 Å². The number of anilines is 1. The Morgan fingerprint density at radius 2 is 1.89 bits per heavy atom. The van der Waals surface area contributed by atoms with Gasteiger partial charge in [-0.2, -0.15) is 0 Å². The van der Waals surface area contributed by atoms with E-state index in [-0.39, 0.29) is 12.0 Å². The van der Waals surface area contributed by atoms with E-state index in [1.807, 2.05) is 30.3 Å². The van der Waals surface area contributed by atoms with Crippen molar-refractivity contribution >= 4 is 18.3 Å². The number of aromatic nitrogens is 1. The molecule has 2 aromatic rings. The van der Waals surface area contributed by atoms with Crippen LogP contribution >= 0.6 is 0 Å². The van der Waals surface area contributed by atoms with E-state index in [4.69, 9.17) is 14.4 Å². The number of carboxylic acids is 1. The molecule has 2 aliphatic heterocycles. The van der Waals surface area contributed by atoms with Crippen LogP contribution in [0.4, 0.5) is 5.82 Å². The van der Waals surface area contributed by atoms with Crippen LogP contribution in [0.15, 0.2) is 34.9 Å². The van der Waals surface area contributed by atoms with Crippen molar-refractivity contribution in [2.75, 3.05) is 25.0 Å². The van der Waals surface area contributed by atoms with Crippen LogP contribution in [0.1, 0.15) is 29.6 Å². The lowest BCUT2D eigenvalue weighted by Gasteiger charge is -2.28. The molecular formula is C19H23N3O5. The summed E-state index contributed by atoms with van der Waals surface area (Å²) in [5.74, 6) is -0.152. The van der Waals surface area contributed by atoms with Crippen LogP contribution in [0, 0.1) is 0 Å². The van der Waals surface area contributed by atoms with Crippen molar-refractivity contribution in [1.29, 1.82) is 0 Å². The Kier molecular flexibility index (Phi) is 5.75. The topological polar surface area (TPSA) is 107 Å². The standard InChI is InChI=1S/C18H21N3O3.CH2O2/c1-20-10-9-13-7-8-14(11-20)21(13)17-15(18(22)23)16(24-19-17)12-5-3-2-4-6-12;2-1-3/h2-6,13-14H,7-11H2,1H3,(H,22,23);1H,(H,2,3)/t13-,14+;/m1./s1. The molecule has 1 aromatic carbocycles. The van der Waals surface area contributed by atoms with E-state index in [2.05, 4.69) is 22.0 Å². The van der Waals surface area contributed by atoms with Gasteiger partial charge in [0.2, 0.25) is 0 Å². The van der Waals surface area contributed by atoms with E-state index >= 15 is 0 Å². The molecule has 4 rings (SSSR count). The first-order valence-electron chi connectivity index (χ1n) is 8.90. The van der Waals surface area contributed by atoms with Crippen LogP contribution in [-0.2, 0) is 4.79 Å². The van der Waals surface area contributed by atoms with Gasteiger partial charge in [0, 0.05) is 24.2 Å². The third-order valence-corrected chi connectivity index (χ3v) is 5.15. The second kappa shape index (κ2) is 8.22. The van der Waals surface area contributed by atoms with Gasteiger partial charge in [0.25, 0.3) is 6.47 Å². The van der Waals surface area contributed by atoms with Gasteiger partial charge in [0.05, 0.1) is 0 Å². The molecule has 0 amide bonds. The molecular weight excluding hydrogens is 350 g/mol. The Morgan fingerprint density at radius 3 is 2.56 bits per heavy atom. The minimum atomic E-state index is -0.984. The number of likely N-dealkylation sites (N-methyl/N-ethyl adjacent to an activating group) is 1. The second-order valence-corrected chi connectivity index (χ2v) is 6.83. The Morgan fingerprint density at radius 1 is 1.22 bits per heavy atom. The number of aromatic carboxylic acids is 1. The van der Waals surface area contributed by atoms with Gasteiger partial charge in [-0.05, 0) is 32.9 Å². The quantitative estimate of drug-likeness (QED) is 0.790. The zero-order chi connectivity index (χ0) is 19.4. The second-order valence-electron chi connectivity index (χ2n) is 6.83.